The fraction of sp³-hybridized carbons (Fsp3) is 0.600. The topological polar surface area (TPSA) is 59.0 Å². The van der Waals surface area contributed by atoms with Gasteiger partial charge in [0.15, 0.2) is 0 Å². The Hall–Kier alpha value is -0.880. The van der Waals surface area contributed by atoms with Gasteiger partial charge < -0.3 is 10.6 Å². The molecule has 90 valence electrons. The second-order valence-corrected chi connectivity index (χ2v) is 4.23. The summed E-state index contributed by atoms with van der Waals surface area (Å²) in [5.74, 6) is -0.0181. The normalized spacial score (nSPS) is 10.5. The third-order valence-corrected chi connectivity index (χ3v) is 3.34. The molecule has 0 spiro atoms. The van der Waals surface area contributed by atoms with Crippen LogP contribution in [0.25, 0.3) is 0 Å². The highest BCUT2D eigenvalue weighted by molar-refractivity contribution is 9.10. The number of nitrogens with one attached hydrogen (secondary N) is 2. The summed E-state index contributed by atoms with van der Waals surface area (Å²) in [6, 6.07) is 0. The van der Waals surface area contributed by atoms with Crippen LogP contribution >= 0.6 is 15.9 Å². The Bertz CT molecular complexity index is 375. The van der Waals surface area contributed by atoms with Crippen LogP contribution in [0.4, 0.5) is 0 Å². The first-order valence-electron chi connectivity index (χ1n) is 5.23. The average molecular weight is 289 g/mol. The molecule has 0 saturated carbocycles. The highest BCUT2D eigenvalue weighted by Gasteiger charge is 2.11. The molecule has 1 rings (SSSR count). The molecular formula is C10H17BrN4O. The van der Waals surface area contributed by atoms with E-state index in [9.17, 15) is 4.79 Å². The van der Waals surface area contributed by atoms with Gasteiger partial charge in [-0.25, -0.2) is 0 Å². The monoisotopic (exact) mass is 288 g/mol. The lowest BCUT2D eigenvalue weighted by molar-refractivity contribution is -0.119. The molecule has 1 aromatic heterocycles. The molecule has 0 radical (unpaired) electrons. The number of amides is 1. The third kappa shape index (κ3) is 3.05. The summed E-state index contributed by atoms with van der Waals surface area (Å²) in [5, 5.41) is 10.0. The van der Waals surface area contributed by atoms with Crippen LogP contribution in [-0.4, -0.2) is 29.3 Å². The first-order valence-corrected chi connectivity index (χ1v) is 6.02. The lowest BCUT2D eigenvalue weighted by Gasteiger charge is -2.06. The molecule has 16 heavy (non-hydrogen) atoms. The first-order chi connectivity index (χ1) is 7.60. The van der Waals surface area contributed by atoms with Gasteiger partial charge in [-0.05, 0) is 29.8 Å². The quantitative estimate of drug-likeness (QED) is 0.843. The molecule has 1 amide bonds. The van der Waals surface area contributed by atoms with E-state index in [1.54, 1.807) is 7.05 Å². The Kier molecular flexibility index (Phi) is 4.95. The van der Waals surface area contributed by atoms with Crippen LogP contribution in [0.1, 0.15) is 18.3 Å². The van der Waals surface area contributed by atoms with Gasteiger partial charge in [0.05, 0.1) is 22.4 Å². The molecule has 0 saturated heterocycles. The minimum atomic E-state index is -0.0181. The molecule has 0 atom stereocenters. The van der Waals surface area contributed by atoms with Crippen LogP contribution in [0, 0.1) is 6.92 Å². The third-order valence-electron chi connectivity index (χ3n) is 2.31. The van der Waals surface area contributed by atoms with Crippen LogP contribution in [0.15, 0.2) is 4.47 Å². The summed E-state index contributed by atoms with van der Waals surface area (Å²) < 4.78 is 2.94. The van der Waals surface area contributed by atoms with Crippen molar-refractivity contribution < 1.29 is 4.79 Å². The van der Waals surface area contributed by atoms with Gasteiger partial charge in [0, 0.05) is 20.1 Å². The lowest BCUT2D eigenvalue weighted by Crippen LogP contribution is -2.31. The molecule has 1 heterocycles. The van der Waals surface area contributed by atoms with Crippen molar-refractivity contribution in [3.8, 4) is 0 Å². The minimum absolute atomic E-state index is 0.0181. The molecule has 0 aliphatic carbocycles. The van der Waals surface area contributed by atoms with Crippen molar-refractivity contribution in [1.29, 1.82) is 0 Å². The Morgan fingerprint density at radius 2 is 2.25 bits per heavy atom. The largest absolute Gasteiger partial charge is 0.358 e. The smallest absolute Gasteiger partial charge is 0.233 e. The van der Waals surface area contributed by atoms with Crippen molar-refractivity contribution in [1.82, 2.24) is 20.4 Å². The van der Waals surface area contributed by atoms with E-state index in [1.807, 2.05) is 18.5 Å². The summed E-state index contributed by atoms with van der Waals surface area (Å²) in [4.78, 5) is 11.0. The predicted octanol–water partition coefficient (Wildman–Crippen LogP) is 0.810. The lowest BCUT2D eigenvalue weighted by atomic mass is 10.3. The molecule has 0 aliphatic heterocycles. The predicted molar refractivity (Wildman–Crippen MR) is 66.1 cm³/mol. The molecule has 5 nitrogen and oxygen atoms in total. The van der Waals surface area contributed by atoms with Gasteiger partial charge >= 0.3 is 0 Å². The molecule has 6 heteroatoms. The van der Waals surface area contributed by atoms with E-state index < -0.39 is 0 Å². The molecular weight excluding hydrogens is 272 g/mol. The van der Waals surface area contributed by atoms with E-state index in [2.05, 4.69) is 31.7 Å². The van der Waals surface area contributed by atoms with Crippen molar-refractivity contribution in [2.45, 2.75) is 26.9 Å². The Morgan fingerprint density at radius 3 is 2.81 bits per heavy atom. The number of aromatic nitrogens is 2. The van der Waals surface area contributed by atoms with Crippen molar-refractivity contribution in [3.63, 3.8) is 0 Å². The van der Waals surface area contributed by atoms with Crippen molar-refractivity contribution in [3.05, 3.63) is 15.9 Å². The Balaban J connectivity index is 2.62. The molecule has 0 aliphatic rings. The highest BCUT2D eigenvalue weighted by atomic mass is 79.9. The van der Waals surface area contributed by atoms with Crippen LogP contribution in [0.3, 0.4) is 0 Å². The maximum atomic E-state index is 11.0. The second kappa shape index (κ2) is 6.00. The van der Waals surface area contributed by atoms with Crippen molar-refractivity contribution in [2.24, 2.45) is 0 Å². The summed E-state index contributed by atoms with van der Waals surface area (Å²) in [5.41, 5.74) is 2.04. The van der Waals surface area contributed by atoms with Gasteiger partial charge in [-0.2, -0.15) is 5.10 Å². The van der Waals surface area contributed by atoms with Gasteiger partial charge in [0.25, 0.3) is 0 Å². The van der Waals surface area contributed by atoms with E-state index >= 15 is 0 Å². The SMILES string of the molecule is CCn1nc(C)c(Br)c1CNCC(=O)NC. The fourth-order valence-corrected chi connectivity index (χ4v) is 1.84. The number of nitrogens with zero attached hydrogens (tertiary/aromatic N) is 2. The fourth-order valence-electron chi connectivity index (χ4n) is 1.42. The number of hydrogen-bond donors (Lipinski definition) is 2. The van der Waals surface area contributed by atoms with E-state index in [4.69, 9.17) is 0 Å². The first kappa shape index (κ1) is 13.2. The van der Waals surface area contributed by atoms with E-state index in [0.717, 1.165) is 22.4 Å². The van der Waals surface area contributed by atoms with Gasteiger partial charge in [-0.1, -0.05) is 0 Å². The van der Waals surface area contributed by atoms with Crippen LogP contribution in [0.5, 0.6) is 0 Å². The minimum Gasteiger partial charge on any atom is -0.358 e. The Morgan fingerprint density at radius 1 is 1.56 bits per heavy atom. The average Bonchev–Trinajstić information content (AvgIpc) is 2.56. The van der Waals surface area contributed by atoms with Crippen molar-refractivity contribution >= 4 is 21.8 Å². The molecule has 0 unspecified atom stereocenters. The number of rotatable bonds is 5. The second-order valence-electron chi connectivity index (χ2n) is 3.44. The van der Waals surface area contributed by atoms with Crippen LogP contribution < -0.4 is 10.6 Å². The summed E-state index contributed by atoms with van der Waals surface area (Å²) in [6.45, 7) is 5.77. The molecule has 0 bridgehead atoms. The molecule has 2 N–H and O–H groups in total. The Labute approximate surface area is 104 Å². The van der Waals surface area contributed by atoms with Gasteiger partial charge in [-0.15, -0.1) is 0 Å². The van der Waals surface area contributed by atoms with Crippen molar-refractivity contribution in [2.75, 3.05) is 13.6 Å². The summed E-state index contributed by atoms with van der Waals surface area (Å²) in [6.07, 6.45) is 0. The van der Waals surface area contributed by atoms with Crippen LogP contribution in [-0.2, 0) is 17.9 Å². The zero-order chi connectivity index (χ0) is 12.1. The zero-order valence-electron chi connectivity index (χ0n) is 9.80. The molecule has 0 aromatic carbocycles. The number of carbonyl (C=O) groups excluding carboxylic acids is 1. The number of hydrogen-bond acceptors (Lipinski definition) is 3. The summed E-state index contributed by atoms with van der Waals surface area (Å²) >= 11 is 3.50. The van der Waals surface area contributed by atoms with Gasteiger partial charge in [0.1, 0.15) is 0 Å². The number of halogens is 1. The number of carbonyl (C=O) groups is 1. The standard InChI is InChI=1S/C10H17BrN4O/c1-4-15-8(10(11)7(2)14-15)5-13-6-9(16)12-3/h13H,4-6H2,1-3H3,(H,12,16). The van der Waals surface area contributed by atoms with Crippen LogP contribution in [0.2, 0.25) is 0 Å². The maximum absolute atomic E-state index is 11.0. The van der Waals surface area contributed by atoms with E-state index in [-0.39, 0.29) is 5.91 Å². The maximum Gasteiger partial charge on any atom is 0.233 e. The van der Waals surface area contributed by atoms with E-state index in [1.165, 1.54) is 0 Å². The zero-order valence-corrected chi connectivity index (χ0v) is 11.4. The molecule has 0 fully saturated rings. The van der Waals surface area contributed by atoms with Gasteiger partial charge in [-0.3, -0.25) is 9.48 Å². The van der Waals surface area contributed by atoms with Gasteiger partial charge in [0.2, 0.25) is 5.91 Å². The highest BCUT2D eigenvalue weighted by Crippen LogP contribution is 2.20. The summed E-state index contributed by atoms with van der Waals surface area (Å²) in [7, 11) is 1.63. The number of aryl methyl sites for hydroxylation is 2. The number of likely N-dealkylation sites (N-methyl/N-ethyl adjacent to an activating group) is 1. The van der Waals surface area contributed by atoms with E-state index in [0.29, 0.717) is 13.1 Å². The molecule has 1 aromatic rings.